The van der Waals surface area contributed by atoms with Crippen molar-refractivity contribution in [3.05, 3.63) is 47.8 Å². The molecular weight excluding hydrogens is 264 g/mol. The minimum atomic E-state index is 0.464. The van der Waals surface area contributed by atoms with Gasteiger partial charge in [-0.2, -0.15) is 0 Å². The van der Waals surface area contributed by atoms with E-state index in [0.29, 0.717) is 24.4 Å². The molecule has 0 aliphatic carbocycles. The molecule has 0 saturated heterocycles. The van der Waals surface area contributed by atoms with Crippen LogP contribution in [0.5, 0.6) is 0 Å². The molecule has 0 unspecified atom stereocenters. The zero-order chi connectivity index (χ0) is 14.8. The van der Waals surface area contributed by atoms with Crippen LogP contribution in [0.15, 0.2) is 34.9 Å². The van der Waals surface area contributed by atoms with Crippen LogP contribution in [0.1, 0.15) is 31.2 Å². The second-order valence-corrected chi connectivity index (χ2v) is 5.55. The molecule has 0 spiro atoms. The fourth-order valence-corrected chi connectivity index (χ4v) is 2.46. The minimum Gasteiger partial charge on any atom is -0.424 e. The molecule has 3 aromatic rings. The first-order chi connectivity index (χ1) is 10.1. The van der Waals surface area contributed by atoms with Crippen molar-refractivity contribution in [1.82, 2.24) is 20.1 Å². The summed E-state index contributed by atoms with van der Waals surface area (Å²) < 4.78 is 7.65. The largest absolute Gasteiger partial charge is 0.424 e. The smallest absolute Gasteiger partial charge is 0.236 e. The van der Waals surface area contributed by atoms with Gasteiger partial charge in [0, 0.05) is 36.6 Å². The Morgan fingerprint density at radius 3 is 2.76 bits per heavy atom. The monoisotopic (exact) mass is 284 g/mol. The molecular formula is C16H20N4O. The number of aromatic nitrogens is 3. The summed E-state index contributed by atoms with van der Waals surface area (Å²) in [6.07, 6.45) is 2.17. The molecule has 2 aromatic heterocycles. The Labute approximate surface area is 124 Å². The van der Waals surface area contributed by atoms with E-state index in [1.807, 2.05) is 6.92 Å². The maximum atomic E-state index is 5.49. The Balaban J connectivity index is 1.94. The number of benzene rings is 1. The van der Waals surface area contributed by atoms with Crippen LogP contribution in [-0.4, -0.2) is 20.8 Å². The predicted molar refractivity (Wildman–Crippen MR) is 82.1 cm³/mol. The van der Waals surface area contributed by atoms with Gasteiger partial charge in [-0.3, -0.25) is 0 Å². The summed E-state index contributed by atoms with van der Waals surface area (Å²) in [5, 5.41) is 12.7. The Morgan fingerprint density at radius 2 is 2.05 bits per heavy atom. The van der Waals surface area contributed by atoms with Gasteiger partial charge in [-0.1, -0.05) is 32.0 Å². The molecule has 0 radical (unpaired) electrons. The molecule has 21 heavy (non-hydrogen) atoms. The van der Waals surface area contributed by atoms with Gasteiger partial charge in [-0.25, -0.2) is 0 Å². The maximum Gasteiger partial charge on any atom is 0.236 e. The van der Waals surface area contributed by atoms with E-state index >= 15 is 0 Å². The highest BCUT2D eigenvalue weighted by atomic mass is 16.4. The zero-order valence-electron chi connectivity index (χ0n) is 12.6. The molecule has 0 atom stereocenters. The molecule has 2 heterocycles. The van der Waals surface area contributed by atoms with Crippen molar-refractivity contribution in [1.29, 1.82) is 0 Å². The van der Waals surface area contributed by atoms with Gasteiger partial charge in [0.2, 0.25) is 11.8 Å². The second kappa shape index (κ2) is 5.69. The van der Waals surface area contributed by atoms with E-state index in [1.165, 1.54) is 16.5 Å². The first-order valence-electron chi connectivity index (χ1n) is 7.22. The maximum absolute atomic E-state index is 5.49. The van der Waals surface area contributed by atoms with Gasteiger partial charge >= 0.3 is 0 Å². The predicted octanol–water partition coefficient (Wildman–Crippen LogP) is 2.88. The summed E-state index contributed by atoms with van der Waals surface area (Å²) in [7, 11) is 0. The number of para-hydroxylation sites is 1. The molecule has 5 nitrogen and oxygen atoms in total. The van der Waals surface area contributed by atoms with Crippen molar-refractivity contribution >= 4 is 10.9 Å². The van der Waals surface area contributed by atoms with Crippen LogP contribution in [0, 0.1) is 6.92 Å². The number of nitrogens with one attached hydrogen (secondary N) is 1. The lowest BCUT2D eigenvalue weighted by Gasteiger charge is -2.06. The van der Waals surface area contributed by atoms with E-state index in [0.717, 1.165) is 6.54 Å². The Bertz CT molecular complexity index is 742. The van der Waals surface area contributed by atoms with Gasteiger partial charge < -0.3 is 14.3 Å². The molecule has 110 valence electrons. The summed E-state index contributed by atoms with van der Waals surface area (Å²) >= 11 is 0. The fourth-order valence-electron chi connectivity index (χ4n) is 2.46. The molecule has 0 saturated carbocycles. The van der Waals surface area contributed by atoms with Crippen LogP contribution in [0.25, 0.3) is 10.9 Å². The van der Waals surface area contributed by atoms with Gasteiger partial charge in [0.1, 0.15) is 6.54 Å². The Morgan fingerprint density at radius 1 is 1.24 bits per heavy atom. The molecule has 0 aliphatic heterocycles. The highest BCUT2D eigenvalue weighted by Crippen LogP contribution is 2.22. The second-order valence-electron chi connectivity index (χ2n) is 5.55. The van der Waals surface area contributed by atoms with Gasteiger partial charge in [-0.05, 0) is 11.6 Å². The topological polar surface area (TPSA) is 55.9 Å². The Hall–Kier alpha value is -2.14. The summed E-state index contributed by atoms with van der Waals surface area (Å²) in [6.45, 7) is 7.57. The van der Waals surface area contributed by atoms with E-state index in [4.69, 9.17) is 4.42 Å². The highest BCUT2D eigenvalue weighted by molar-refractivity contribution is 5.84. The molecule has 0 bridgehead atoms. The van der Waals surface area contributed by atoms with Crippen LogP contribution in [-0.2, 0) is 13.1 Å². The van der Waals surface area contributed by atoms with Crippen LogP contribution in [0.3, 0.4) is 0 Å². The lowest BCUT2D eigenvalue weighted by Crippen LogP contribution is -2.21. The number of nitrogens with zero attached hydrogens (tertiary/aromatic N) is 3. The molecule has 5 heteroatoms. The molecule has 0 amide bonds. The summed E-state index contributed by atoms with van der Waals surface area (Å²) in [5.41, 5.74) is 2.48. The average Bonchev–Trinajstić information content (AvgIpc) is 3.02. The SMILES string of the molecule is Cc1nnc(Cn2cc(CNC(C)C)c3ccccc32)o1. The lowest BCUT2D eigenvalue weighted by molar-refractivity contribution is 0.457. The quantitative estimate of drug-likeness (QED) is 0.782. The number of rotatable bonds is 5. The number of fused-ring (bicyclic) bond motifs is 1. The normalized spacial score (nSPS) is 11.6. The standard InChI is InChI=1S/C16H20N4O/c1-11(2)17-8-13-9-20(10-16-19-18-12(3)21-16)15-7-5-4-6-14(13)15/h4-7,9,11,17H,8,10H2,1-3H3. The van der Waals surface area contributed by atoms with E-state index in [2.05, 4.69) is 64.4 Å². The first kappa shape index (κ1) is 13.8. The molecule has 1 aromatic carbocycles. The van der Waals surface area contributed by atoms with Crippen molar-refractivity contribution in [2.24, 2.45) is 0 Å². The van der Waals surface area contributed by atoms with Crippen LogP contribution < -0.4 is 5.32 Å². The molecule has 0 fully saturated rings. The van der Waals surface area contributed by atoms with Crippen molar-refractivity contribution in [2.45, 2.75) is 39.9 Å². The third-order valence-electron chi connectivity index (χ3n) is 3.45. The van der Waals surface area contributed by atoms with Crippen molar-refractivity contribution < 1.29 is 4.42 Å². The average molecular weight is 284 g/mol. The molecule has 1 N–H and O–H groups in total. The summed E-state index contributed by atoms with van der Waals surface area (Å²) in [4.78, 5) is 0. The van der Waals surface area contributed by atoms with E-state index < -0.39 is 0 Å². The third kappa shape index (κ3) is 2.97. The van der Waals surface area contributed by atoms with Crippen molar-refractivity contribution in [3.63, 3.8) is 0 Å². The number of hydrogen-bond acceptors (Lipinski definition) is 4. The summed E-state index contributed by atoms with van der Waals surface area (Å²) in [6, 6.07) is 8.87. The minimum absolute atomic E-state index is 0.464. The number of hydrogen-bond donors (Lipinski definition) is 1. The highest BCUT2D eigenvalue weighted by Gasteiger charge is 2.11. The zero-order valence-corrected chi connectivity index (χ0v) is 12.6. The van der Waals surface area contributed by atoms with Gasteiger partial charge in [0.25, 0.3) is 0 Å². The molecule has 3 rings (SSSR count). The van der Waals surface area contributed by atoms with Gasteiger partial charge in [-0.15, -0.1) is 10.2 Å². The van der Waals surface area contributed by atoms with Gasteiger partial charge in [0.15, 0.2) is 0 Å². The fraction of sp³-hybridized carbons (Fsp3) is 0.375. The van der Waals surface area contributed by atoms with Crippen molar-refractivity contribution in [2.75, 3.05) is 0 Å². The number of aryl methyl sites for hydroxylation is 1. The molecule has 0 aliphatic rings. The third-order valence-corrected chi connectivity index (χ3v) is 3.45. The van der Waals surface area contributed by atoms with Crippen LogP contribution in [0.2, 0.25) is 0 Å². The van der Waals surface area contributed by atoms with E-state index in [9.17, 15) is 0 Å². The van der Waals surface area contributed by atoms with Crippen LogP contribution in [0.4, 0.5) is 0 Å². The first-order valence-corrected chi connectivity index (χ1v) is 7.22. The lowest BCUT2D eigenvalue weighted by atomic mass is 10.2. The van der Waals surface area contributed by atoms with Crippen LogP contribution >= 0.6 is 0 Å². The van der Waals surface area contributed by atoms with Crippen molar-refractivity contribution in [3.8, 4) is 0 Å². The van der Waals surface area contributed by atoms with Gasteiger partial charge in [0.05, 0.1) is 0 Å². The van der Waals surface area contributed by atoms with E-state index in [-0.39, 0.29) is 0 Å². The van der Waals surface area contributed by atoms with E-state index in [1.54, 1.807) is 0 Å². The summed E-state index contributed by atoms with van der Waals surface area (Å²) in [5.74, 6) is 1.24. The Kier molecular flexibility index (Phi) is 3.75.